The first-order chi connectivity index (χ1) is 8.96. The second-order valence-electron chi connectivity index (χ2n) is 4.63. The molecule has 4 nitrogen and oxygen atoms in total. The molecule has 0 atom stereocenters. The van der Waals surface area contributed by atoms with Gasteiger partial charge in [0.2, 0.25) is 0 Å². The number of aromatic nitrogens is 2. The number of fused-ring (bicyclic) bond motifs is 1. The number of alkyl halides is 2. The lowest BCUT2D eigenvalue weighted by Crippen LogP contribution is -2.28. The second kappa shape index (κ2) is 5.13. The number of benzene rings is 1. The Bertz CT molecular complexity index is 581. The van der Waals surface area contributed by atoms with Crippen LogP contribution in [0.5, 0.6) is 0 Å². The molecule has 19 heavy (non-hydrogen) atoms. The number of aliphatic hydroxyl groups excluding tert-OH is 1. The van der Waals surface area contributed by atoms with Crippen molar-refractivity contribution < 1.29 is 13.9 Å². The van der Waals surface area contributed by atoms with Crippen molar-refractivity contribution in [1.29, 1.82) is 0 Å². The summed E-state index contributed by atoms with van der Waals surface area (Å²) in [5.74, 6) is -2.56. The molecule has 1 heterocycles. The van der Waals surface area contributed by atoms with Gasteiger partial charge in [-0.3, -0.25) is 0 Å². The van der Waals surface area contributed by atoms with Crippen molar-refractivity contribution in [3.05, 3.63) is 24.0 Å². The molecule has 2 aromatic rings. The van der Waals surface area contributed by atoms with Crippen LogP contribution in [0.3, 0.4) is 0 Å². The maximum Gasteiger partial charge on any atom is 0.288 e. The molecule has 1 aromatic carbocycles. The van der Waals surface area contributed by atoms with Gasteiger partial charge >= 0.3 is 0 Å². The summed E-state index contributed by atoms with van der Waals surface area (Å²) >= 11 is 0. The maximum atomic E-state index is 13.4. The van der Waals surface area contributed by atoms with Gasteiger partial charge in [-0.05, 0) is 24.6 Å². The summed E-state index contributed by atoms with van der Waals surface area (Å²) in [7, 11) is 0. The maximum absolute atomic E-state index is 13.4. The van der Waals surface area contributed by atoms with Gasteiger partial charge in [-0.2, -0.15) is 0 Å². The molecule has 0 aliphatic heterocycles. The Kier molecular flexibility index (Phi) is 3.71. The van der Waals surface area contributed by atoms with E-state index in [4.69, 9.17) is 10.8 Å². The fourth-order valence-electron chi connectivity index (χ4n) is 2.07. The molecule has 104 valence electrons. The summed E-state index contributed by atoms with van der Waals surface area (Å²) in [6, 6.07) is 5.01. The molecule has 0 spiro atoms. The molecule has 0 aliphatic rings. The fraction of sp³-hybridized carbons (Fsp3) is 0.462. The Morgan fingerprint density at radius 3 is 2.79 bits per heavy atom. The van der Waals surface area contributed by atoms with E-state index in [2.05, 4.69) is 4.98 Å². The van der Waals surface area contributed by atoms with E-state index in [0.29, 0.717) is 29.0 Å². The third-order valence-corrected chi connectivity index (χ3v) is 2.95. The van der Waals surface area contributed by atoms with E-state index in [9.17, 15) is 8.78 Å². The summed E-state index contributed by atoms with van der Waals surface area (Å²) < 4.78 is 28.3. The number of aryl methyl sites for hydroxylation is 1. The minimum atomic E-state index is -3.16. The zero-order chi connectivity index (χ0) is 14.0. The first-order valence-electron chi connectivity index (χ1n) is 6.20. The molecule has 0 aliphatic carbocycles. The lowest BCUT2D eigenvalue weighted by molar-refractivity contribution is -0.0626. The van der Waals surface area contributed by atoms with Gasteiger partial charge in [-0.25, -0.2) is 13.8 Å². The van der Waals surface area contributed by atoms with Crippen LogP contribution in [0.25, 0.3) is 11.0 Å². The van der Waals surface area contributed by atoms with E-state index < -0.39 is 19.1 Å². The molecule has 0 saturated heterocycles. The third-order valence-electron chi connectivity index (χ3n) is 2.95. The Hall–Kier alpha value is -1.69. The van der Waals surface area contributed by atoms with E-state index >= 15 is 0 Å². The highest BCUT2D eigenvalue weighted by Crippen LogP contribution is 2.24. The normalized spacial score (nSPS) is 12.2. The van der Waals surface area contributed by atoms with Crippen molar-refractivity contribution in [1.82, 2.24) is 9.55 Å². The van der Waals surface area contributed by atoms with E-state index in [1.54, 1.807) is 18.2 Å². The average Bonchev–Trinajstić information content (AvgIpc) is 2.67. The summed E-state index contributed by atoms with van der Waals surface area (Å²) in [5.41, 5.74) is 7.45. The van der Waals surface area contributed by atoms with Gasteiger partial charge in [0.15, 0.2) is 0 Å². The number of imidazole rings is 1. The Balaban J connectivity index is 2.52. The van der Waals surface area contributed by atoms with Gasteiger partial charge in [-0.15, -0.1) is 0 Å². The first kappa shape index (κ1) is 13.7. The van der Waals surface area contributed by atoms with Gasteiger partial charge in [0.25, 0.3) is 5.92 Å². The van der Waals surface area contributed by atoms with Crippen LogP contribution in [-0.2, 0) is 13.0 Å². The average molecular weight is 269 g/mol. The number of rotatable bonds is 5. The largest absolute Gasteiger partial charge is 0.399 e. The highest BCUT2D eigenvalue weighted by Gasteiger charge is 2.30. The monoisotopic (exact) mass is 269 g/mol. The number of hydrogen-bond acceptors (Lipinski definition) is 3. The summed E-state index contributed by atoms with van der Waals surface area (Å²) in [5, 5.41) is 8.73. The number of nitrogens with zero attached hydrogens (tertiary/aromatic N) is 2. The Morgan fingerprint density at radius 2 is 2.16 bits per heavy atom. The van der Waals surface area contributed by atoms with E-state index in [1.807, 2.05) is 6.92 Å². The molecule has 0 unspecified atom stereocenters. The fourth-order valence-corrected chi connectivity index (χ4v) is 2.07. The van der Waals surface area contributed by atoms with Gasteiger partial charge in [0.1, 0.15) is 12.4 Å². The predicted octanol–water partition coefficient (Wildman–Crippen LogP) is 2.20. The van der Waals surface area contributed by atoms with Crippen molar-refractivity contribution in [3.63, 3.8) is 0 Å². The summed E-state index contributed by atoms with van der Waals surface area (Å²) in [6.07, 6.45) is 1.42. The molecule has 1 aromatic heterocycles. The number of halogens is 2. The molecule has 0 fully saturated rings. The standard InChI is InChI=1S/C13H17F2N3O/c1-2-3-12-17-10-6-9(16)4-5-11(10)18(12)7-13(14,15)8-19/h4-6,19H,2-3,7-8,16H2,1H3. The first-order valence-corrected chi connectivity index (χ1v) is 6.20. The van der Waals surface area contributed by atoms with Gasteiger partial charge in [-0.1, -0.05) is 6.92 Å². The lowest BCUT2D eigenvalue weighted by Gasteiger charge is -2.16. The van der Waals surface area contributed by atoms with Crippen LogP contribution < -0.4 is 5.73 Å². The zero-order valence-electron chi connectivity index (χ0n) is 10.7. The molecule has 0 bridgehead atoms. The summed E-state index contributed by atoms with van der Waals surface area (Å²) in [4.78, 5) is 4.35. The van der Waals surface area contributed by atoms with Crippen LogP contribution in [0.1, 0.15) is 19.2 Å². The van der Waals surface area contributed by atoms with Crippen LogP contribution in [0, 0.1) is 0 Å². The summed E-state index contributed by atoms with van der Waals surface area (Å²) in [6.45, 7) is 0.217. The number of nitrogens with two attached hydrogens (primary N) is 1. The van der Waals surface area contributed by atoms with Crippen molar-refractivity contribution in [2.75, 3.05) is 12.3 Å². The molecule has 6 heteroatoms. The molecular formula is C13H17F2N3O. The van der Waals surface area contributed by atoms with Gasteiger partial charge < -0.3 is 15.4 Å². The van der Waals surface area contributed by atoms with E-state index in [1.165, 1.54) is 4.57 Å². The Morgan fingerprint density at radius 1 is 1.42 bits per heavy atom. The predicted molar refractivity (Wildman–Crippen MR) is 70.2 cm³/mol. The van der Waals surface area contributed by atoms with Crippen LogP contribution in [0.4, 0.5) is 14.5 Å². The van der Waals surface area contributed by atoms with E-state index in [-0.39, 0.29) is 0 Å². The quantitative estimate of drug-likeness (QED) is 0.818. The van der Waals surface area contributed by atoms with Crippen LogP contribution in [0.15, 0.2) is 18.2 Å². The molecule has 3 N–H and O–H groups in total. The SMILES string of the molecule is CCCc1nc2cc(N)ccc2n1CC(F)(F)CO. The van der Waals surface area contributed by atoms with Crippen LogP contribution in [-0.4, -0.2) is 27.2 Å². The van der Waals surface area contributed by atoms with Crippen molar-refractivity contribution >= 4 is 16.7 Å². The number of anilines is 1. The van der Waals surface area contributed by atoms with Crippen LogP contribution >= 0.6 is 0 Å². The van der Waals surface area contributed by atoms with Crippen molar-refractivity contribution in [2.24, 2.45) is 0 Å². The van der Waals surface area contributed by atoms with Crippen molar-refractivity contribution in [2.45, 2.75) is 32.2 Å². The third kappa shape index (κ3) is 2.84. The zero-order valence-corrected chi connectivity index (χ0v) is 10.7. The molecular weight excluding hydrogens is 252 g/mol. The highest BCUT2D eigenvalue weighted by atomic mass is 19.3. The minimum Gasteiger partial charge on any atom is -0.399 e. The molecule has 0 saturated carbocycles. The van der Waals surface area contributed by atoms with Crippen molar-refractivity contribution in [3.8, 4) is 0 Å². The number of aliphatic hydroxyl groups is 1. The number of nitrogen functional groups attached to an aromatic ring is 1. The second-order valence-corrected chi connectivity index (χ2v) is 4.63. The molecule has 0 amide bonds. The highest BCUT2D eigenvalue weighted by molar-refractivity contribution is 5.79. The molecule has 2 rings (SSSR count). The lowest BCUT2D eigenvalue weighted by atomic mass is 10.2. The Labute approximate surface area is 109 Å². The number of hydrogen-bond donors (Lipinski definition) is 2. The smallest absolute Gasteiger partial charge is 0.288 e. The van der Waals surface area contributed by atoms with Gasteiger partial charge in [0, 0.05) is 12.1 Å². The van der Waals surface area contributed by atoms with Gasteiger partial charge in [0.05, 0.1) is 17.6 Å². The van der Waals surface area contributed by atoms with Crippen LogP contribution in [0.2, 0.25) is 0 Å². The minimum absolute atomic E-state index is 0.550. The topological polar surface area (TPSA) is 64.1 Å². The molecule has 0 radical (unpaired) electrons. The van der Waals surface area contributed by atoms with E-state index in [0.717, 1.165) is 6.42 Å².